The third-order valence-corrected chi connectivity index (χ3v) is 18.2. The summed E-state index contributed by atoms with van der Waals surface area (Å²) >= 11 is 0. The van der Waals surface area contributed by atoms with Crippen molar-refractivity contribution in [2.24, 2.45) is 0 Å². The van der Waals surface area contributed by atoms with E-state index in [2.05, 4.69) is 262 Å². The molecule has 13 rings (SSSR count). The maximum Gasteiger partial charge on any atom is 0.179 e. The molecule has 310 valence electrons. The summed E-state index contributed by atoms with van der Waals surface area (Å²) in [6, 6.07) is 90.2. The summed E-state index contributed by atoms with van der Waals surface area (Å²) < 4.78 is 7.00. The number of rotatable bonds is 8. The third-order valence-electron chi connectivity index (χ3n) is 13.4. The highest BCUT2D eigenvalue weighted by molar-refractivity contribution is 7.19. The molecule has 4 heterocycles. The Kier molecular flexibility index (Phi) is 8.79. The Balaban J connectivity index is 1.12. The molecule has 0 aliphatic rings. The molecule has 4 aromatic heterocycles. The number of imidazole rings is 1. The second-order valence-corrected chi connectivity index (χ2v) is 20.8. The summed E-state index contributed by atoms with van der Waals surface area (Å²) in [5.74, 6) is 2.51. The van der Waals surface area contributed by atoms with Gasteiger partial charge in [0, 0.05) is 39.2 Å². The monoisotopic (exact) mass is 859 g/mol. The van der Waals surface area contributed by atoms with E-state index >= 15 is 0 Å². The van der Waals surface area contributed by atoms with Crippen LogP contribution in [0.2, 0.25) is 0 Å². The lowest BCUT2D eigenvalue weighted by atomic mass is 10.2. The zero-order valence-corrected chi connectivity index (χ0v) is 36.9. The van der Waals surface area contributed by atoms with Crippen LogP contribution in [-0.4, -0.2) is 31.7 Å². The van der Waals surface area contributed by atoms with Crippen LogP contribution in [-0.2, 0) is 0 Å². The summed E-state index contributed by atoms with van der Waals surface area (Å²) in [4.78, 5) is 11.2. The van der Waals surface area contributed by atoms with Crippen LogP contribution in [0.3, 0.4) is 0 Å². The van der Waals surface area contributed by atoms with E-state index in [1.54, 1.807) is 0 Å². The molecule has 0 amide bonds. The van der Waals surface area contributed by atoms with Crippen molar-refractivity contribution >= 4 is 83.5 Å². The Morgan fingerprint density at radius 3 is 1.12 bits per heavy atom. The van der Waals surface area contributed by atoms with E-state index < -0.39 is 8.07 Å². The average Bonchev–Trinajstić information content (AvgIpc) is 4.06. The topological polar surface area (TPSA) is 40.6 Å². The van der Waals surface area contributed by atoms with Crippen molar-refractivity contribution in [3.8, 4) is 28.7 Å². The fourth-order valence-electron chi connectivity index (χ4n) is 10.6. The molecule has 5 nitrogen and oxygen atoms in total. The van der Waals surface area contributed by atoms with Crippen molar-refractivity contribution in [3.63, 3.8) is 0 Å². The molecule has 0 saturated carbocycles. The Bertz CT molecular complexity index is 3610. The van der Waals surface area contributed by atoms with Gasteiger partial charge in [-0.25, -0.2) is 9.97 Å². The van der Waals surface area contributed by atoms with Crippen LogP contribution >= 0.6 is 0 Å². The van der Waals surface area contributed by atoms with Gasteiger partial charge in [0.2, 0.25) is 0 Å². The molecule has 6 heteroatoms. The number of nitrogens with zero attached hydrogens (tertiary/aromatic N) is 5. The quantitative estimate of drug-likeness (QED) is 0.113. The zero-order chi connectivity index (χ0) is 43.6. The molecule has 0 aliphatic carbocycles. The number of para-hydroxylation sites is 6. The minimum atomic E-state index is -2.85. The van der Waals surface area contributed by atoms with Crippen LogP contribution in [0, 0.1) is 0 Å². The Labute approximate surface area is 382 Å². The van der Waals surface area contributed by atoms with Crippen molar-refractivity contribution in [3.05, 3.63) is 249 Å². The molecular weight excluding hydrogens is 819 g/mol. The molecular formula is C60H41N5Si. The molecule has 0 aliphatic heterocycles. The van der Waals surface area contributed by atoms with Crippen molar-refractivity contribution in [2.45, 2.75) is 0 Å². The van der Waals surface area contributed by atoms with Crippen LogP contribution in [0.1, 0.15) is 0 Å². The van der Waals surface area contributed by atoms with Crippen LogP contribution in [0.5, 0.6) is 0 Å². The van der Waals surface area contributed by atoms with Crippen molar-refractivity contribution in [2.75, 3.05) is 0 Å². The van der Waals surface area contributed by atoms with Gasteiger partial charge in [-0.1, -0.05) is 200 Å². The number of fused-ring (bicyclic) bond motifs is 7. The van der Waals surface area contributed by atoms with E-state index in [1.165, 1.54) is 42.3 Å². The molecule has 0 spiro atoms. The molecule has 0 bridgehead atoms. The van der Waals surface area contributed by atoms with E-state index in [1.807, 2.05) is 0 Å². The van der Waals surface area contributed by atoms with E-state index in [0.717, 1.165) is 61.8 Å². The minimum Gasteiger partial charge on any atom is -0.294 e. The second kappa shape index (κ2) is 15.3. The van der Waals surface area contributed by atoms with E-state index in [4.69, 9.17) is 9.97 Å². The predicted octanol–water partition coefficient (Wildman–Crippen LogP) is 11.7. The Hall–Kier alpha value is -8.58. The van der Waals surface area contributed by atoms with Gasteiger partial charge in [-0.05, 0) is 57.1 Å². The van der Waals surface area contributed by atoms with E-state index in [0.29, 0.717) is 0 Å². The third kappa shape index (κ3) is 5.79. The van der Waals surface area contributed by atoms with E-state index in [9.17, 15) is 0 Å². The number of aromatic nitrogens is 5. The largest absolute Gasteiger partial charge is 0.294 e. The van der Waals surface area contributed by atoms with Crippen LogP contribution in [0.15, 0.2) is 249 Å². The average molecular weight is 860 g/mol. The summed E-state index contributed by atoms with van der Waals surface area (Å²) in [6.45, 7) is 0. The Morgan fingerprint density at radius 2 is 0.667 bits per heavy atom. The first-order valence-electron chi connectivity index (χ1n) is 22.5. The van der Waals surface area contributed by atoms with Crippen LogP contribution < -0.4 is 20.7 Å². The minimum absolute atomic E-state index is 0.822. The van der Waals surface area contributed by atoms with Gasteiger partial charge in [0.1, 0.15) is 17.5 Å². The van der Waals surface area contributed by atoms with E-state index in [-0.39, 0.29) is 0 Å². The van der Waals surface area contributed by atoms with Gasteiger partial charge in [0.15, 0.2) is 8.07 Å². The standard InChI is InChI=1S/C60H41N5Si/c1-4-22-44(23-5-1)66(45-24-6-2-7-25-45,46-26-8-3-9-27-46)47-28-20-21-42(39-47)60-61-52-33-14-19-38-57(52)63(60)43-40-58(64-53-34-15-10-29-48(53)49-30-11-16-35-54(49)64)62-59(41-43)65-55-36-17-12-31-50(55)51-32-13-18-37-56(51)65/h1-41H. The Morgan fingerprint density at radius 1 is 0.288 bits per heavy atom. The lowest BCUT2D eigenvalue weighted by Crippen LogP contribution is -2.74. The first kappa shape index (κ1) is 37.9. The molecule has 13 aromatic rings. The normalized spacial score (nSPS) is 11.9. The highest BCUT2D eigenvalue weighted by Gasteiger charge is 2.41. The molecule has 9 aromatic carbocycles. The molecule has 0 unspecified atom stereocenters. The summed E-state index contributed by atoms with van der Waals surface area (Å²) in [7, 11) is -2.85. The molecule has 0 saturated heterocycles. The number of pyridine rings is 1. The molecule has 0 N–H and O–H groups in total. The SMILES string of the molecule is c1ccc([Si](c2ccccc2)(c2ccccc2)c2cccc(-c3nc4ccccc4n3-c3cc(-n4c5ccccc5c5ccccc54)nc(-n4c5ccccc5c5ccccc54)c3)c2)cc1. The number of benzene rings is 9. The lowest BCUT2D eigenvalue weighted by molar-refractivity contribution is 0.989. The van der Waals surface area contributed by atoms with Gasteiger partial charge < -0.3 is 0 Å². The highest BCUT2D eigenvalue weighted by atomic mass is 28.3. The maximum absolute atomic E-state index is 5.66. The van der Waals surface area contributed by atoms with Crippen molar-refractivity contribution in [1.29, 1.82) is 0 Å². The fraction of sp³-hybridized carbons (Fsp3) is 0. The van der Waals surface area contributed by atoms with Gasteiger partial charge >= 0.3 is 0 Å². The molecule has 0 fully saturated rings. The smallest absolute Gasteiger partial charge is 0.179 e. The summed E-state index contributed by atoms with van der Waals surface area (Å²) in [5.41, 5.74) is 8.34. The van der Waals surface area contributed by atoms with Crippen LogP contribution in [0.25, 0.3) is 83.4 Å². The summed E-state index contributed by atoms with van der Waals surface area (Å²) in [6.07, 6.45) is 0. The van der Waals surface area contributed by atoms with Crippen molar-refractivity contribution in [1.82, 2.24) is 23.7 Å². The van der Waals surface area contributed by atoms with Gasteiger partial charge in [-0.15, -0.1) is 0 Å². The first-order chi connectivity index (χ1) is 32.8. The van der Waals surface area contributed by atoms with Crippen molar-refractivity contribution < 1.29 is 0 Å². The first-order valence-corrected chi connectivity index (χ1v) is 24.5. The van der Waals surface area contributed by atoms with Gasteiger partial charge in [-0.2, -0.15) is 0 Å². The predicted molar refractivity (Wildman–Crippen MR) is 277 cm³/mol. The van der Waals surface area contributed by atoms with Gasteiger partial charge in [0.25, 0.3) is 0 Å². The summed E-state index contributed by atoms with van der Waals surface area (Å²) in [5, 5.41) is 10.0. The number of hydrogen-bond acceptors (Lipinski definition) is 2. The lowest BCUT2D eigenvalue weighted by Gasteiger charge is -2.34. The fourth-order valence-corrected chi connectivity index (χ4v) is 15.4. The van der Waals surface area contributed by atoms with Gasteiger partial charge in [0.05, 0.1) is 38.8 Å². The molecule has 0 radical (unpaired) electrons. The molecule has 0 atom stereocenters. The maximum atomic E-state index is 5.66. The second-order valence-electron chi connectivity index (χ2n) is 17.0. The van der Waals surface area contributed by atoms with Gasteiger partial charge in [-0.3, -0.25) is 13.7 Å². The number of hydrogen-bond donors (Lipinski definition) is 0. The highest BCUT2D eigenvalue weighted by Crippen LogP contribution is 2.37. The molecule has 66 heavy (non-hydrogen) atoms. The van der Waals surface area contributed by atoms with Crippen LogP contribution in [0.4, 0.5) is 0 Å². The zero-order valence-electron chi connectivity index (χ0n) is 35.9.